The minimum Gasteiger partial charge on any atom is -0.478 e. The van der Waals surface area contributed by atoms with Gasteiger partial charge in [0.05, 0.1) is 11.1 Å². The number of aromatic nitrogens is 2. The molecule has 3 rings (SSSR count). The molecule has 0 aliphatic rings. The molecule has 1 N–H and O–H groups in total. The normalized spacial score (nSPS) is 10.3. The maximum atomic E-state index is 11.0. The first-order chi connectivity index (χ1) is 10.7. The van der Waals surface area contributed by atoms with E-state index in [1.807, 2.05) is 30.3 Å². The van der Waals surface area contributed by atoms with Gasteiger partial charge in [-0.3, -0.25) is 4.98 Å². The average Bonchev–Trinajstić information content (AvgIpc) is 2.54. The first-order valence-corrected chi connectivity index (χ1v) is 6.63. The van der Waals surface area contributed by atoms with Crippen molar-refractivity contribution in [2.24, 2.45) is 0 Å². The lowest BCUT2D eigenvalue weighted by Gasteiger charge is -2.05. The van der Waals surface area contributed by atoms with Crippen molar-refractivity contribution >= 4 is 16.9 Å². The van der Waals surface area contributed by atoms with Gasteiger partial charge in [-0.25, -0.2) is 9.78 Å². The van der Waals surface area contributed by atoms with Gasteiger partial charge in [-0.2, -0.15) is 5.26 Å². The van der Waals surface area contributed by atoms with E-state index in [-0.39, 0.29) is 5.56 Å². The summed E-state index contributed by atoms with van der Waals surface area (Å²) in [4.78, 5) is 19.2. The Labute approximate surface area is 126 Å². The second-order valence-electron chi connectivity index (χ2n) is 4.90. The molecule has 0 fully saturated rings. The van der Waals surface area contributed by atoms with E-state index in [0.29, 0.717) is 12.1 Å². The molecule has 3 aromatic rings. The van der Waals surface area contributed by atoms with Crippen LogP contribution in [0.4, 0.5) is 0 Å². The summed E-state index contributed by atoms with van der Waals surface area (Å²) in [5, 5.41) is 18.8. The van der Waals surface area contributed by atoms with Gasteiger partial charge in [0.1, 0.15) is 11.8 Å². The maximum absolute atomic E-state index is 11.0. The number of aromatic carboxylic acids is 1. The number of fused-ring (bicyclic) bond motifs is 1. The van der Waals surface area contributed by atoms with Crippen LogP contribution in [0.15, 0.2) is 48.8 Å². The molecule has 0 amide bonds. The molecule has 0 spiro atoms. The number of rotatable bonds is 3. The molecule has 0 saturated heterocycles. The summed E-state index contributed by atoms with van der Waals surface area (Å²) in [6, 6.07) is 12.9. The Morgan fingerprint density at radius 2 is 2.00 bits per heavy atom. The highest BCUT2D eigenvalue weighted by atomic mass is 16.4. The first-order valence-electron chi connectivity index (χ1n) is 6.63. The quantitative estimate of drug-likeness (QED) is 0.801. The third-order valence-corrected chi connectivity index (χ3v) is 3.32. The summed E-state index contributed by atoms with van der Waals surface area (Å²) in [5.41, 5.74) is 3.20. The average molecular weight is 289 g/mol. The second-order valence-corrected chi connectivity index (χ2v) is 4.90. The third kappa shape index (κ3) is 2.76. The topological polar surface area (TPSA) is 86.9 Å². The molecule has 0 unspecified atom stereocenters. The molecule has 22 heavy (non-hydrogen) atoms. The molecule has 0 radical (unpaired) electrons. The van der Waals surface area contributed by atoms with Crippen LogP contribution in [-0.2, 0) is 6.42 Å². The molecule has 2 heterocycles. The Bertz CT molecular complexity index is 913. The minimum atomic E-state index is -0.985. The molecular weight excluding hydrogens is 278 g/mol. The van der Waals surface area contributed by atoms with Crippen molar-refractivity contribution in [1.82, 2.24) is 9.97 Å². The van der Waals surface area contributed by atoms with Crippen LogP contribution in [0.25, 0.3) is 10.9 Å². The molecule has 0 bridgehead atoms. The van der Waals surface area contributed by atoms with E-state index in [1.165, 1.54) is 6.20 Å². The van der Waals surface area contributed by atoms with E-state index in [0.717, 1.165) is 22.0 Å². The number of carboxylic acid groups (broad SMARTS) is 1. The van der Waals surface area contributed by atoms with Crippen LogP contribution >= 0.6 is 0 Å². The van der Waals surface area contributed by atoms with Crippen molar-refractivity contribution in [2.45, 2.75) is 6.42 Å². The fourth-order valence-electron chi connectivity index (χ4n) is 2.28. The first kappa shape index (κ1) is 13.7. The number of nitrogens with zero attached hydrogens (tertiary/aromatic N) is 3. The van der Waals surface area contributed by atoms with Crippen LogP contribution in [0.1, 0.15) is 27.2 Å². The van der Waals surface area contributed by atoms with Crippen LogP contribution in [0, 0.1) is 11.3 Å². The highest BCUT2D eigenvalue weighted by Gasteiger charge is 2.06. The summed E-state index contributed by atoms with van der Waals surface area (Å²) in [6.07, 6.45) is 3.58. The lowest BCUT2D eigenvalue weighted by molar-refractivity contribution is 0.0696. The van der Waals surface area contributed by atoms with Crippen molar-refractivity contribution in [3.8, 4) is 6.07 Å². The molecule has 5 heteroatoms. The largest absolute Gasteiger partial charge is 0.478 e. The number of hydrogen-bond acceptors (Lipinski definition) is 4. The van der Waals surface area contributed by atoms with Crippen molar-refractivity contribution < 1.29 is 9.90 Å². The van der Waals surface area contributed by atoms with E-state index in [9.17, 15) is 4.79 Å². The predicted molar refractivity (Wildman–Crippen MR) is 80.5 cm³/mol. The number of nitriles is 1. The molecule has 5 nitrogen and oxygen atoms in total. The smallest absolute Gasteiger partial charge is 0.337 e. The van der Waals surface area contributed by atoms with Gasteiger partial charge in [0.2, 0.25) is 0 Å². The molecule has 0 atom stereocenters. The standard InChI is InChI=1S/C17H11N3O2/c18-8-15-3-2-13-6-11(1-4-16(13)20-15)5-12-7-14(17(21)22)10-19-9-12/h1-4,6-7,9-10H,5H2,(H,21,22). The van der Waals surface area contributed by atoms with Crippen LogP contribution in [0.3, 0.4) is 0 Å². The minimum absolute atomic E-state index is 0.179. The van der Waals surface area contributed by atoms with Gasteiger partial charge in [0.15, 0.2) is 0 Å². The summed E-state index contributed by atoms with van der Waals surface area (Å²) in [6.45, 7) is 0. The Balaban J connectivity index is 1.93. The zero-order valence-electron chi connectivity index (χ0n) is 11.5. The third-order valence-electron chi connectivity index (χ3n) is 3.32. The van der Waals surface area contributed by atoms with Gasteiger partial charge in [-0.05, 0) is 47.9 Å². The summed E-state index contributed by atoms with van der Waals surface area (Å²) in [5.74, 6) is -0.985. The van der Waals surface area contributed by atoms with Crippen molar-refractivity contribution in [3.63, 3.8) is 0 Å². The molecule has 0 aliphatic heterocycles. The molecule has 106 valence electrons. The summed E-state index contributed by atoms with van der Waals surface area (Å²) < 4.78 is 0. The number of pyridine rings is 2. The Morgan fingerprint density at radius 3 is 2.77 bits per heavy atom. The van der Waals surface area contributed by atoms with Gasteiger partial charge < -0.3 is 5.11 Å². The maximum Gasteiger partial charge on any atom is 0.337 e. The molecule has 0 aliphatic carbocycles. The summed E-state index contributed by atoms with van der Waals surface area (Å²) in [7, 11) is 0. The fraction of sp³-hybridized carbons (Fsp3) is 0.0588. The zero-order chi connectivity index (χ0) is 15.5. The Hall–Kier alpha value is -3.26. The molecule has 0 saturated carbocycles. The Morgan fingerprint density at radius 1 is 1.14 bits per heavy atom. The van der Waals surface area contributed by atoms with Gasteiger partial charge in [0, 0.05) is 17.8 Å². The molecule has 2 aromatic heterocycles. The highest BCUT2D eigenvalue weighted by Crippen LogP contribution is 2.17. The van der Waals surface area contributed by atoms with Crippen LogP contribution in [-0.4, -0.2) is 21.0 Å². The molecular formula is C17H11N3O2. The number of carboxylic acids is 1. The van der Waals surface area contributed by atoms with E-state index < -0.39 is 5.97 Å². The van der Waals surface area contributed by atoms with Crippen molar-refractivity contribution in [2.75, 3.05) is 0 Å². The van der Waals surface area contributed by atoms with E-state index in [1.54, 1.807) is 18.3 Å². The summed E-state index contributed by atoms with van der Waals surface area (Å²) >= 11 is 0. The van der Waals surface area contributed by atoms with Crippen molar-refractivity contribution in [3.05, 3.63) is 71.2 Å². The van der Waals surface area contributed by atoms with Crippen molar-refractivity contribution in [1.29, 1.82) is 5.26 Å². The number of benzene rings is 1. The monoisotopic (exact) mass is 289 g/mol. The zero-order valence-corrected chi connectivity index (χ0v) is 11.5. The Kier molecular flexibility index (Phi) is 3.50. The molecule has 1 aromatic carbocycles. The van der Waals surface area contributed by atoms with Crippen LogP contribution in [0.5, 0.6) is 0 Å². The van der Waals surface area contributed by atoms with Crippen LogP contribution < -0.4 is 0 Å². The second kappa shape index (κ2) is 5.62. The predicted octanol–water partition coefficient (Wildman–Crippen LogP) is 2.79. The lowest BCUT2D eigenvalue weighted by Crippen LogP contribution is -1.99. The van der Waals surface area contributed by atoms with Gasteiger partial charge >= 0.3 is 5.97 Å². The fourth-order valence-corrected chi connectivity index (χ4v) is 2.28. The lowest BCUT2D eigenvalue weighted by atomic mass is 10.0. The van der Waals surface area contributed by atoms with Gasteiger partial charge in [-0.15, -0.1) is 0 Å². The highest BCUT2D eigenvalue weighted by molar-refractivity contribution is 5.87. The number of hydrogen-bond donors (Lipinski definition) is 1. The van der Waals surface area contributed by atoms with Gasteiger partial charge in [0.25, 0.3) is 0 Å². The SMILES string of the molecule is N#Cc1ccc2cc(Cc3cncc(C(=O)O)c3)ccc2n1. The van der Waals surface area contributed by atoms with E-state index in [2.05, 4.69) is 9.97 Å². The van der Waals surface area contributed by atoms with E-state index >= 15 is 0 Å². The van der Waals surface area contributed by atoms with Crippen LogP contribution in [0.2, 0.25) is 0 Å². The van der Waals surface area contributed by atoms with E-state index in [4.69, 9.17) is 10.4 Å². The number of carbonyl (C=O) groups is 1. The van der Waals surface area contributed by atoms with Gasteiger partial charge in [-0.1, -0.05) is 6.07 Å².